The van der Waals surface area contributed by atoms with E-state index in [1.165, 1.54) is 25.7 Å². The van der Waals surface area contributed by atoms with Crippen molar-refractivity contribution >= 4 is 18.3 Å². The van der Waals surface area contributed by atoms with Gasteiger partial charge in [0.1, 0.15) is 0 Å². The van der Waals surface area contributed by atoms with Crippen molar-refractivity contribution in [2.45, 2.75) is 57.9 Å². The number of halogens is 1. The number of rotatable bonds is 5. The van der Waals surface area contributed by atoms with Gasteiger partial charge in [0, 0.05) is 12.6 Å². The average Bonchev–Trinajstić information content (AvgIpc) is 2.42. The molecule has 1 aliphatic carbocycles. The third-order valence-electron chi connectivity index (χ3n) is 4.93. The Kier molecular flexibility index (Phi) is 8.60. The largest absolute Gasteiger partial charge is 0.352 e. The van der Waals surface area contributed by atoms with Crippen LogP contribution in [0.25, 0.3) is 0 Å². The minimum atomic E-state index is 0. The van der Waals surface area contributed by atoms with E-state index in [1.54, 1.807) is 0 Å². The molecule has 0 aromatic carbocycles. The van der Waals surface area contributed by atoms with E-state index < -0.39 is 0 Å². The van der Waals surface area contributed by atoms with Crippen LogP contribution in [0.4, 0.5) is 0 Å². The van der Waals surface area contributed by atoms with E-state index in [4.69, 9.17) is 5.73 Å². The van der Waals surface area contributed by atoms with Gasteiger partial charge < -0.3 is 11.1 Å². The third-order valence-corrected chi connectivity index (χ3v) is 4.93. The van der Waals surface area contributed by atoms with Crippen molar-refractivity contribution in [3.05, 3.63) is 0 Å². The Labute approximate surface area is 135 Å². The maximum atomic E-state index is 12.1. The first-order valence-corrected chi connectivity index (χ1v) is 8.39. The SMILES string of the molecule is CC1CCC(NC(=O)CN2CCCC(CCN)C2)CC1.Cl. The van der Waals surface area contributed by atoms with E-state index >= 15 is 0 Å². The number of amides is 1. The highest BCUT2D eigenvalue weighted by Gasteiger charge is 2.23. The molecule has 21 heavy (non-hydrogen) atoms. The molecule has 0 radical (unpaired) electrons. The third kappa shape index (κ3) is 6.54. The topological polar surface area (TPSA) is 58.4 Å². The van der Waals surface area contributed by atoms with Crippen LogP contribution in [0.1, 0.15) is 51.9 Å². The Bertz CT molecular complexity index is 304. The molecule has 1 unspecified atom stereocenters. The minimum absolute atomic E-state index is 0. The molecule has 4 nitrogen and oxygen atoms in total. The Morgan fingerprint density at radius 3 is 2.62 bits per heavy atom. The van der Waals surface area contributed by atoms with Crippen molar-refractivity contribution in [1.29, 1.82) is 0 Å². The molecule has 0 spiro atoms. The summed E-state index contributed by atoms with van der Waals surface area (Å²) in [5, 5.41) is 3.23. The Balaban J connectivity index is 0.00000220. The molecule has 1 saturated carbocycles. The first-order chi connectivity index (χ1) is 9.67. The smallest absolute Gasteiger partial charge is 0.234 e. The highest BCUT2D eigenvalue weighted by atomic mass is 35.5. The van der Waals surface area contributed by atoms with Gasteiger partial charge in [-0.3, -0.25) is 9.69 Å². The van der Waals surface area contributed by atoms with Crippen LogP contribution in [0.5, 0.6) is 0 Å². The fourth-order valence-corrected chi connectivity index (χ4v) is 3.65. The van der Waals surface area contributed by atoms with Crippen LogP contribution in [0.3, 0.4) is 0 Å². The highest BCUT2D eigenvalue weighted by Crippen LogP contribution is 2.23. The predicted molar refractivity (Wildman–Crippen MR) is 89.6 cm³/mol. The second-order valence-electron chi connectivity index (χ2n) is 6.85. The summed E-state index contributed by atoms with van der Waals surface area (Å²) in [7, 11) is 0. The minimum Gasteiger partial charge on any atom is -0.352 e. The molecule has 0 bridgehead atoms. The molecule has 1 heterocycles. The summed E-state index contributed by atoms with van der Waals surface area (Å²) < 4.78 is 0. The molecule has 0 aromatic rings. The molecule has 1 aliphatic heterocycles. The summed E-state index contributed by atoms with van der Waals surface area (Å²) >= 11 is 0. The number of nitrogens with one attached hydrogen (secondary N) is 1. The number of likely N-dealkylation sites (tertiary alicyclic amines) is 1. The van der Waals surface area contributed by atoms with Crippen LogP contribution in [0, 0.1) is 11.8 Å². The molecule has 1 amide bonds. The van der Waals surface area contributed by atoms with Gasteiger partial charge in [0.15, 0.2) is 0 Å². The summed E-state index contributed by atoms with van der Waals surface area (Å²) in [5.41, 5.74) is 5.64. The van der Waals surface area contributed by atoms with E-state index in [2.05, 4.69) is 17.1 Å². The van der Waals surface area contributed by atoms with Gasteiger partial charge in [-0.15, -0.1) is 12.4 Å². The number of carbonyl (C=O) groups excluding carboxylic acids is 1. The fourth-order valence-electron chi connectivity index (χ4n) is 3.65. The Morgan fingerprint density at radius 1 is 1.24 bits per heavy atom. The lowest BCUT2D eigenvalue weighted by molar-refractivity contribution is -0.123. The standard InChI is InChI=1S/C16H31N3O.ClH/c1-13-4-6-15(7-5-13)18-16(20)12-19-10-2-3-14(11-19)8-9-17;/h13-15H,2-12,17H2,1H3,(H,18,20);1H. The molecule has 5 heteroatoms. The van der Waals surface area contributed by atoms with Gasteiger partial charge in [-0.05, 0) is 69.9 Å². The predicted octanol–water partition coefficient (Wildman–Crippen LogP) is 2.16. The number of carbonyl (C=O) groups is 1. The van der Waals surface area contributed by atoms with Crippen molar-refractivity contribution in [1.82, 2.24) is 10.2 Å². The van der Waals surface area contributed by atoms with Crippen LogP contribution in [0.2, 0.25) is 0 Å². The summed E-state index contributed by atoms with van der Waals surface area (Å²) in [4.78, 5) is 14.5. The lowest BCUT2D eigenvalue weighted by atomic mass is 9.87. The normalized spacial score (nSPS) is 30.5. The molecule has 1 atom stereocenters. The zero-order chi connectivity index (χ0) is 14.4. The van der Waals surface area contributed by atoms with Crippen molar-refractivity contribution in [2.24, 2.45) is 17.6 Å². The van der Waals surface area contributed by atoms with Crippen molar-refractivity contribution in [3.8, 4) is 0 Å². The van der Waals surface area contributed by atoms with E-state index in [1.807, 2.05) is 0 Å². The molecule has 124 valence electrons. The first-order valence-electron chi connectivity index (χ1n) is 8.39. The van der Waals surface area contributed by atoms with Gasteiger partial charge in [-0.1, -0.05) is 6.92 Å². The lowest BCUT2D eigenvalue weighted by Gasteiger charge is -2.33. The highest BCUT2D eigenvalue weighted by molar-refractivity contribution is 5.85. The zero-order valence-electron chi connectivity index (χ0n) is 13.4. The number of nitrogens with zero attached hydrogens (tertiary/aromatic N) is 1. The molecular weight excluding hydrogens is 286 g/mol. The summed E-state index contributed by atoms with van der Waals surface area (Å²) in [6, 6.07) is 0.420. The molecule has 1 saturated heterocycles. The second kappa shape index (κ2) is 9.65. The lowest BCUT2D eigenvalue weighted by Crippen LogP contribution is -2.46. The number of hydrogen-bond donors (Lipinski definition) is 2. The van der Waals surface area contributed by atoms with Crippen LogP contribution in [-0.2, 0) is 4.79 Å². The van der Waals surface area contributed by atoms with E-state index in [-0.39, 0.29) is 18.3 Å². The molecule has 2 fully saturated rings. The van der Waals surface area contributed by atoms with Crippen LogP contribution in [-0.4, -0.2) is 43.0 Å². The molecule has 0 aromatic heterocycles. The molecule has 2 rings (SSSR count). The number of hydrogen-bond acceptors (Lipinski definition) is 3. The number of nitrogens with two attached hydrogens (primary N) is 1. The Morgan fingerprint density at radius 2 is 1.95 bits per heavy atom. The summed E-state index contributed by atoms with van der Waals surface area (Å²) in [6.07, 6.45) is 8.40. The van der Waals surface area contributed by atoms with E-state index in [0.717, 1.165) is 44.8 Å². The van der Waals surface area contributed by atoms with Crippen LogP contribution >= 0.6 is 12.4 Å². The van der Waals surface area contributed by atoms with Gasteiger partial charge >= 0.3 is 0 Å². The van der Waals surface area contributed by atoms with Crippen LogP contribution in [0.15, 0.2) is 0 Å². The summed E-state index contributed by atoms with van der Waals surface area (Å²) in [5.74, 6) is 1.75. The molecular formula is C16H32ClN3O. The average molecular weight is 318 g/mol. The van der Waals surface area contributed by atoms with E-state index in [0.29, 0.717) is 18.5 Å². The first kappa shape index (κ1) is 18.7. The van der Waals surface area contributed by atoms with Crippen molar-refractivity contribution in [3.63, 3.8) is 0 Å². The zero-order valence-corrected chi connectivity index (χ0v) is 14.2. The van der Waals surface area contributed by atoms with Gasteiger partial charge in [0.25, 0.3) is 0 Å². The van der Waals surface area contributed by atoms with Gasteiger partial charge in [-0.25, -0.2) is 0 Å². The summed E-state index contributed by atoms with van der Waals surface area (Å²) in [6.45, 7) is 5.77. The van der Waals surface area contributed by atoms with Gasteiger partial charge in [0.2, 0.25) is 5.91 Å². The molecule has 3 N–H and O–H groups in total. The number of piperidine rings is 1. The van der Waals surface area contributed by atoms with Gasteiger partial charge in [0.05, 0.1) is 6.54 Å². The van der Waals surface area contributed by atoms with Crippen LogP contribution < -0.4 is 11.1 Å². The van der Waals surface area contributed by atoms with Gasteiger partial charge in [-0.2, -0.15) is 0 Å². The van der Waals surface area contributed by atoms with Crippen molar-refractivity contribution < 1.29 is 4.79 Å². The Hall–Kier alpha value is -0.320. The van der Waals surface area contributed by atoms with E-state index in [9.17, 15) is 4.79 Å². The maximum Gasteiger partial charge on any atom is 0.234 e. The fraction of sp³-hybridized carbons (Fsp3) is 0.938. The molecule has 2 aliphatic rings. The second-order valence-corrected chi connectivity index (χ2v) is 6.85. The quantitative estimate of drug-likeness (QED) is 0.817. The maximum absolute atomic E-state index is 12.1. The monoisotopic (exact) mass is 317 g/mol. The van der Waals surface area contributed by atoms with Crippen molar-refractivity contribution in [2.75, 3.05) is 26.2 Å².